The van der Waals surface area contributed by atoms with Crippen LogP contribution in [0.2, 0.25) is 0 Å². The van der Waals surface area contributed by atoms with Crippen LogP contribution >= 0.6 is 11.8 Å². The topological polar surface area (TPSA) is 102 Å². The number of hydrogen-bond acceptors (Lipinski definition) is 6. The molecule has 1 aliphatic heterocycles. The third-order valence-electron chi connectivity index (χ3n) is 4.27. The van der Waals surface area contributed by atoms with Crippen LogP contribution in [0.4, 0.5) is 11.4 Å². The second kappa shape index (κ2) is 8.24. The molecule has 7 nitrogen and oxygen atoms in total. The Morgan fingerprint density at radius 1 is 1.29 bits per heavy atom. The predicted molar refractivity (Wildman–Crippen MR) is 109 cm³/mol. The lowest BCUT2D eigenvalue weighted by atomic mass is 10.2. The van der Waals surface area contributed by atoms with E-state index in [1.54, 1.807) is 17.8 Å². The molecule has 0 unspecified atom stereocenters. The first kappa shape index (κ1) is 20.2. The zero-order valence-corrected chi connectivity index (χ0v) is 17.0. The van der Waals surface area contributed by atoms with E-state index in [4.69, 9.17) is 4.74 Å². The summed E-state index contributed by atoms with van der Waals surface area (Å²) in [5.74, 6) is -0.316. The average molecular weight is 421 g/mol. The summed E-state index contributed by atoms with van der Waals surface area (Å²) < 4.78 is 30.9. The van der Waals surface area contributed by atoms with Gasteiger partial charge in [-0.2, -0.15) is 0 Å². The number of ether oxygens (including phenoxy) is 1. The second-order valence-corrected chi connectivity index (χ2v) is 9.58. The van der Waals surface area contributed by atoms with E-state index in [0.29, 0.717) is 17.1 Å². The zero-order valence-electron chi connectivity index (χ0n) is 15.4. The standard InChI is InChI=1S/C19H20N2O5S2/c1-12(8-18(22)20-13-4-3-5-14(9-13)27-2)28(24,25)15-6-7-17-16(10-15)21-19(23)11-26-17/h3-7,9-10,12H,8,11H2,1-2H3,(H,20,22)(H,21,23)/t12-/m1/s1. The minimum atomic E-state index is -3.76. The summed E-state index contributed by atoms with van der Waals surface area (Å²) in [5, 5.41) is 4.38. The molecule has 0 radical (unpaired) electrons. The lowest BCUT2D eigenvalue weighted by Crippen LogP contribution is -2.27. The van der Waals surface area contributed by atoms with Crippen LogP contribution in [0.15, 0.2) is 52.3 Å². The summed E-state index contributed by atoms with van der Waals surface area (Å²) in [6.45, 7) is 1.38. The SMILES string of the molecule is CSc1cccc(NC(=O)C[C@@H](C)S(=O)(=O)c2ccc3c(c2)NC(=O)CO3)c1. The predicted octanol–water partition coefficient (Wildman–Crippen LogP) is 2.93. The molecule has 2 aromatic rings. The highest BCUT2D eigenvalue weighted by Gasteiger charge is 2.27. The van der Waals surface area contributed by atoms with Crippen LogP contribution in [-0.2, 0) is 19.4 Å². The number of carbonyl (C=O) groups is 2. The van der Waals surface area contributed by atoms with Crippen LogP contribution in [0.1, 0.15) is 13.3 Å². The highest BCUT2D eigenvalue weighted by Crippen LogP contribution is 2.31. The molecule has 1 aliphatic rings. The Morgan fingerprint density at radius 2 is 2.07 bits per heavy atom. The Balaban J connectivity index is 1.72. The van der Waals surface area contributed by atoms with Crippen molar-refractivity contribution in [3.8, 4) is 5.75 Å². The maximum atomic E-state index is 12.9. The summed E-state index contributed by atoms with van der Waals surface area (Å²) in [5.41, 5.74) is 0.929. The number of hydrogen-bond donors (Lipinski definition) is 2. The van der Waals surface area contributed by atoms with Gasteiger partial charge in [0.05, 0.1) is 15.8 Å². The largest absolute Gasteiger partial charge is 0.482 e. The highest BCUT2D eigenvalue weighted by atomic mass is 32.2. The summed E-state index contributed by atoms with van der Waals surface area (Å²) in [7, 11) is -3.76. The minimum absolute atomic E-state index is 0.0294. The van der Waals surface area contributed by atoms with Gasteiger partial charge in [-0.25, -0.2) is 8.42 Å². The van der Waals surface area contributed by atoms with E-state index in [2.05, 4.69) is 10.6 Å². The number of carbonyl (C=O) groups excluding carboxylic acids is 2. The number of rotatable bonds is 6. The molecular weight excluding hydrogens is 400 g/mol. The molecule has 2 aromatic carbocycles. The van der Waals surface area contributed by atoms with E-state index in [9.17, 15) is 18.0 Å². The number of nitrogens with one attached hydrogen (secondary N) is 2. The maximum Gasteiger partial charge on any atom is 0.262 e. The minimum Gasteiger partial charge on any atom is -0.482 e. The van der Waals surface area contributed by atoms with Gasteiger partial charge in [0.1, 0.15) is 5.75 Å². The monoisotopic (exact) mass is 420 g/mol. The van der Waals surface area contributed by atoms with Gasteiger partial charge in [-0.05, 0) is 49.6 Å². The van der Waals surface area contributed by atoms with E-state index in [1.165, 1.54) is 25.1 Å². The van der Waals surface area contributed by atoms with Gasteiger partial charge < -0.3 is 15.4 Å². The van der Waals surface area contributed by atoms with Crippen LogP contribution < -0.4 is 15.4 Å². The second-order valence-electron chi connectivity index (χ2n) is 6.33. The molecule has 1 atom stereocenters. The average Bonchev–Trinajstić information content (AvgIpc) is 2.67. The van der Waals surface area contributed by atoms with Gasteiger partial charge in [-0.1, -0.05) is 6.07 Å². The molecule has 0 spiro atoms. The Kier molecular flexibility index (Phi) is 5.95. The number of amides is 2. The molecule has 0 fully saturated rings. The normalized spacial score (nSPS) is 14.4. The number of fused-ring (bicyclic) bond motifs is 1. The zero-order chi connectivity index (χ0) is 20.3. The Morgan fingerprint density at radius 3 is 2.82 bits per heavy atom. The quantitative estimate of drug-likeness (QED) is 0.697. The van der Waals surface area contributed by atoms with Crippen molar-refractivity contribution in [3.05, 3.63) is 42.5 Å². The van der Waals surface area contributed by atoms with Gasteiger partial charge in [0.15, 0.2) is 16.4 Å². The molecule has 1 heterocycles. The summed E-state index contributed by atoms with van der Waals surface area (Å²) >= 11 is 1.55. The van der Waals surface area contributed by atoms with Crippen LogP contribution in [0, 0.1) is 0 Å². The Labute approximate surface area is 167 Å². The fourth-order valence-corrected chi connectivity index (χ4v) is 4.59. The fourth-order valence-electron chi connectivity index (χ4n) is 2.76. The Bertz CT molecular complexity index is 1020. The van der Waals surface area contributed by atoms with E-state index in [-0.39, 0.29) is 29.7 Å². The first-order chi connectivity index (χ1) is 13.3. The van der Waals surface area contributed by atoms with Crippen molar-refractivity contribution >= 4 is 44.8 Å². The number of sulfone groups is 1. The van der Waals surface area contributed by atoms with Crippen molar-refractivity contribution in [1.29, 1.82) is 0 Å². The number of anilines is 2. The molecule has 0 saturated heterocycles. The third kappa shape index (κ3) is 4.48. The van der Waals surface area contributed by atoms with E-state index >= 15 is 0 Å². The first-order valence-corrected chi connectivity index (χ1v) is 11.3. The van der Waals surface area contributed by atoms with Crippen molar-refractivity contribution in [2.75, 3.05) is 23.5 Å². The molecule has 28 heavy (non-hydrogen) atoms. The van der Waals surface area contributed by atoms with Gasteiger partial charge in [0, 0.05) is 17.0 Å². The van der Waals surface area contributed by atoms with E-state index in [0.717, 1.165) is 4.90 Å². The molecule has 148 valence electrons. The van der Waals surface area contributed by atoms with Crippen molar-refractivity contribution < 1.29 is 22.7 Å². The van der Waals surface area contributed by atoms with Gasteiger partial charge in [0.2, 0.25) is 5.91 Å². The maximum absolute atomic E-state index is 12.9. The van der Waals surface area contributed by atoms with Gasteiger partial charge >= 0.3 is 0 Å². The van der Waals surface area contributed by atoms with Gasteiger partial charge in [0.25, 0.3) is 5.91 Å². The van der Waals surface area contributed by atoms with Crippen molar-refractivity contribution in [2.45, 2.75) is 28.4 Å². The molecule has 0 bridgehead atoms. The summed E-state index contributed by atoms with van der Waals surface area (Å²) in [6, 6.07) is 11.6. The van der Waals surface area contributed by atoms with Crippen LogP contribution in [0.25, 0.3) is 0 Å². The fraction of sp³-hybridized carbons (Fsp3) is 0.263. The smallest absolute Gasteiger partial charge is 0.262 e. The van der Waals surface area contributed by atoms with Crippen LogP contribution in [0.3, 0.4) is 0 Å². The molecule has 0 saturated carbocycles. The van der Waals surface area contributed by atoms with Gasteiger partial charge in [-0.15, -0.1) is 11.8 Å². The molecule has 9 heteroatoms. The van der Waals surface area contributed by atoms with Crippen LogP contribution in [-0.4, -0.2) is 38.3 Å². The number of benzene rings is 2. The molecule has 2 N–H and O–H groups in total. The van der Waals surface area contributed by atoms with Crippen molar-refractivity contribution in [3.63, 3.8) is 0 Å². The number of thioether (sulfide) groups is 1. The molecule has 0 aromatic heterocycles. The van der Waals surface area contributed by atoms with Crippen molar-refractivity contribution in [2.24, 2.45) is 0 Å². The third-order valence-corrected chi connectivity index (χ3v) is 7.13. The summed E-state index contributed by atoms with van der Waals surface area (Å²) in [4.78, 5) is 24.8. The van der Waals surface area contributed by atoms with Gasteiger partial charge in [-0.3, -0.25) is 9.59 Å². The molecule has 2 amide bonds. The summed E-state index contributed by atoms with van der Waals surface area (Å²) in [6.07, 6.45) is 1.74. The van der Waals surface area contributed by atoms with E-state index in [1.807, 2.05) is 24.5 Å². The van der Waals surface area contributed by atoms with Crippen LogP contribution in [0.5, 0.6) is 5.75 Å². The van der Waals surface area contributed by atoms with E-state index < -0.39 is 15.1 Å². The molecule has 3 rings (SSSR count). The molecule has 0 aliphatic carbocycles. The highest BCUT2D eigenvalue weighted by molar-refractivity contribution is 7.98. The lowest BCUT2D eigenvalue weighted by molar-refractivity contribution is -0.118. The first-order valence-electron chi connectivity index (χ1n) is 8.54. The Hall–Kier alpha value is -2.52. The molecular formula is C19H20N2O5S2. The lowest BCUT2D eigenvalue weighted by Gasteiger charge is -2.19. The van der Waals surface area contributed by atoms with Crippen molar-refractivity contribution in [1.82, 2.24) is 0 Å².